The molecule has 1 heterocycles. The second-order valence-electron chi connectivity index (χ2n) is 3.44. The van der Waals surface area contributed by atoms with E-state index in [2.05, 4.69) is 4.37 Å². The minimum atomic E-state index is -1.39. The van der Waals surface area contributed by atoms with Gasteiger partial charge in [0, 0.05) is 5.56 Å². The van der Waals surface area contributed by atoms with E-state index in [4.69, 9.17) is 33.4 Å². The van der Waals surface area contributed by atoms with Crippen molar-refractivity contribution < 1.29 is 19.8 Å². The lowest BCUT2D eigenvalue weighted by molar-refractivity contribution is 0.0656. The molecule has 0 spiro atoms. The van der Waals surface area contributed by atoms with Crippen molar-refractivity contribution in [1.29, 1.82) is 0 Å². The highest BCUT2D eigenvalue weighted by Crippen LogP contribution is 2.38. The van der Waals surface area contributed by atoms with E-state index in [9.17, 15) is 9.59 Å². The van der Waals surface area contributed by atoms with Crippen LogP contribution in [-0.4, -0.2) is 26.5 Å². The van der Waals surface area contributed by atoms with Crippen molar-refractivity contribution in [3.05, 3.63) is 38.7 Å². The molecular formula is C11H5Cl2NO4S. The Labute approximate surface area is 121 Å². The van der Waals surface area contributed by atoms with E-state index in [0.717, 1.165) is 0 Å². The van der Waals surface area contributed by atoms with Crippen molar-refractivity contribution in [2.75, 3.05) is 0 Å². The summed E-state index contributed by atoms with van der Waals surface area (Å²) in [4.78, 5) is 21.8. The third-order valence-electron chi connectivity index (χ3n) is 2.30. The Bertz CT molecular complexity index is 663. The number of carboxylic acids is 2. The summed E-state index contributed by atoms with van der Waals surface area (Å²) in [5, 5.41) is 18.5. The summed E-state index contributed by atoms with van der Waals surface area (Å²) in [5.74, 6) is -2.75. The van der Waals surface area contributed by atoms with E-state index in [1.54, 1.807) is 6.07 Å². The van der Waals surface area contributed by atoms with Crippen LogP contribution in [0, 0.1) is 0 Å². The van der Waals surface area contributed by atoms with Gasteiger partial charge in [-0.3, -0.25) is 0 Å². The zero-order chi connectivity index (χ0) is 14.2. The topological polar surface area (TPSA) is 87.5 Å². The summed E-state index contributed by atoms with van der Waals surface area (Å²) in [6.07, 6.45) is 0. The highest BCUT2D eigenvalue weighted by Gasteiger charge is 2.27. The Balaban J connectivity index is 2.77. The monoisotopic (exact) mass is 317 g/mol. The minimum Gasteiger partial charge on any atom is -0.478 e. The van der Waals surface area contributed by atoms with Crippen molar-refractivity contribution in [2.24, 2.45) is 0 Å². The van der Waals surface area contributed by atoms with Crippen molar-refractivity contribution >= 4 is 46.7 Å². The summed E-state index contributed by atoms with van der Waals surface area (Å²) >= 11 is 12.5. The first-order chi connectivity index (χ1) is 8.93. The van der Waals surface area contributed by atoms with Crippen molar-refractivity contribution in [3.8, 4) is 11.3 Å². The first-order valence-electron chi connectivity index (χ1n) is 4.84. The predicted octanol–water partition coefficient (Wildman–Crippen LogP) is 3.51. The number of nitrogens with zero attached hydrogens (tertiary/aromatic N) is 1. The molecule has 5 nitrogen and oxygen atoms in total. The van der Waals surface area contributed by atoms with Gasteiger partial charge in [0.2, 0.25) is 0 Å². The average Bonchev–Trinajstić information content (AvgIpc) is 2.73. The zero-order valence-electron chi connectivity index (χ0n) is 9.05. The number of halogens is 2. The molecule has 1 aromatic heterocycles. The fourth-order valence-corrected chi connectivity index (χ4v) is 2.82. The van der Waals surface area contributed by atoms with Gasteiger partial charge in [0.1, 0.15) is 16.1 Å². The molecule has 0 saturated heterocycles. The first kappa shape index (κ1) is 13.8. The number of benzene rings is 1. The number of aromatic nitrogens is 1. The molecule has 98 valence electrons. The van der Waals surface area contributed by atoms with Crippen LogP contribution in [-0.2, 0) is 0 Å². The van der Waals surface area contributed by atoms with E-state index in [0.29, 0.717) is 11.5 Å². The lowest BCUT2D eigenvalue weighted by atomic mass is 10.1. The Morgan fingerprint density at radius 3 is 2.16 bits per heavy atom. The van der Waals surface area contributed by atoms with Crippen LogP contribution in [0.1, 0.15) is 20.0 Å². The molecule has 0 bridgehead atoms. The van der Waals surface area contributed by atoms with E-state index in [-0.39, 0.29) is 26.2 Å². The standard InChI is InChI=1S/C11H5Cl2NO4S/c12-4-2-1-3-5(13)6(4)8-7(10(15)16)9(11(17)18)19-14-8/h1-3H,(H,15,16)(H,17,18). The summed E-state index contributed by atoms with van der Waals surface area (Å²) in [6.45, 7) is 0. The summed E-state index contributed by atoms with van der Waals surface area (Å²) < 4.78 is 3.86. The number of aromatic carboxylic acids is 2. The average molecular weight is 318 g/mol. The molecule has 1 aromatic carbocycles. The normalized spacial score (nSPS) is 10.4. The van der Waals surface area contributed by atoms with Crippen LogP contribution in [0.2, 0.25) is 10.0 Å². The Morgan fingerprint density at radius 1 is 1.11 bits per heavy atom. The third kappa shape index (κ3) is 2.42. The Morgan fingerprint density at radius 2 is 1.68 bits per heavy atom. The molecule has 0 aliphatic heterocycles. The molecule has 0 fully saturated rings. The van der Waals surface area contributed by atoms with Gasteiger partial charge < -0.3 is 10.2 Å². The van der Waals surface area contributed by atoms with Gasteiger partial charge in [0.05, 0.1) is 10.0 Å². The van der Waals surface area contributed by atoms with Gasteiger partial charge in [-0.25, -0.2) is 9.59 Å². The van der Waals surface area contributed by atoms with Crippen LogP contribution < -0.4 is 0 Å². The molecule has 2 N–H and O–H groups in total. The maximum Gasteiger partial charge on any atom is 0.348 e. The van der Waals surface area contributed by atoms with Gasteiger partial charge in [0.15, 0.2) is 0 Å². The molecule has 0 radical (unpaired) electrons. The number of carbonyl (C=O) groups is 2. The molecule has 8 heteroatoms. The molecule has 0 aliphatic carbocycles. The molecule has 0 atom stereocenters. The van der Waals surface area contributed by atoms with Gasteiger partial charge in [-0.15, -0.1) is 0 Å². The highest BCUT2D eigenvalue weighted by molar-refractivity contribution is 7.08. The molecule has 2 aromatic rings. The number of rotatable bonds is 3. The van der Waals surface area contributed by atoms with Gasteiger partial charge in [-0.1, -0.05) is 29.3 Å². The Hall–Kier alpha value is -1.63. The highest BCUT2D eigenvalue weighted by atomic mass is 35.5. The van der Waals surface area contributed by atoms with Crippen LogP contribution in [0.25, 0.3) is 11.3 Å². The first-order valence-corrected chi connectivity index (χ1v) is 6.37. The van der Waals surface area contributed by atoms with Crippen LogP contribution in [0.15, 0.2) is 18.2 Å². The van der Waals surface area contributed by atoms with Crippen LogP contribution in [0.5, 0.6) is 0 Å². The number of carboxylic acid groups (broad SMARTS) is 2. The molecule has 19 heavy (non-hydrogen) atoms. The molecule has 0 aliphatic rings. The second-order valence-corrected chi connectivity index (χ2v) is 5.03. The van der Waals surface area contributed by atoms with Crippen LogP contribution >= 0.6 is 34.7 Å². The van der Waals surface area contributed by atoms with E-state index >= 15 is 0 Å². The second kappa shape index (κ2) is 5.16. The van der Waals surface area contributed by atoms with Crippen molar-refractivity contribution in [2.45, 2.75) is 0 Å². The maximum absolute atomic E-state index is 11.2. The maximum atomic E-state index is 11.2. The molecule has 0 unspecified atom stereocenters. The van der Waals surface area contributed by atoms with E-state index < -0.39 is 17.5 Å². The van der Waals surface area contributed by atoms with E-state index in [1.807, 2.05) is 0 Å². The quantitative estimate of drug-likeness (QED) is 0.904. The third-order valence-corrected chi connectivity index (χ3v) is 3.76. The van der Waals surface area contributed by atoms with Crippen molar-refractivity contribution in [3.63, 3.8) is 0 Å². The number of hydrogen-bond donors (Lipinski definition) is 2. The lowest BCUT2D eigenvalue weighted by Gasteiger charge is -2.05. The fraction of sp³-hybridized carbons (Fsp3) is 0. The number of hydrogen-bond acceptors (Lipinski definition) is 4. The van der Waals surface area contributed by atoms with Crippen LogP contribution in [0.4, 0.5) is 0 Å². The summed E-state index contributed by atoms with van der Waals surface area (Å²) in [7, 11) is 0. The Kier molecular flexibility index (Phi) is 3.75. The minimum absolute atomic E-state index is 0.0366. The molecule has 0 saturated carbocycles. The summed E-state index contributed by atoms with van der Waals surface area (Å²) in [6, 6.07) is 4.64. The smallest absolute Gasteiger partial charge is 0.348 e. The SMILES string of the molecule is O=C(O)c1snc(-c2c(Cl)cccc2Cl)c1C(=O)O. The predicted molar refractivity (Wildman–Crippen MR) is 71.5 cm³/mol. The largest absolute Gasteiger partial charge is 0.478 e. The molecule has 0 amide bonds. The van der Waals surface area contributed by atoms with Crippen molar-refractivity contribution in [1.82, 2.24) is 4.37 Å². The lowest BCUT2D eigenvalue weighted by Crippen LogP contribution is -2.05. The van der Waals surface area contributed by atoms with Gasteiger partial charge in [-0.2, -0.15) is 4.37 Å². The fourth-order valence-electron chi connectivity index (χ4n) is 1.53. The van der Waals surface area contributed by atoms with Crippen LogP contribution in [0.3, 0.4) is 0 Å². The van der Waals surface area contributed by atoms with Gasteiger partial charge >= 0.3 is 11.9 Å². The molecule has 2 rings (SSSR count). The molecular weight excluding hydrogens is 313 g/mol. The zero-order valence-corrected chi connectivity index (χ0v) is 11.4. The summed E-state index contributed by atoms with van der Waals surface area (Å²) in [5.41, 5.74) is -0.231. The van der Waals surface area contributed by atoms with Gasteiger partial charge in [0.25, 0.3) is 0 Å². The van der Waals surface area contributed by atoms with E-state index in [1.165, 1.54) is 12.1 Å². The van der Waals surface area contributed by atoms with Gasteiger partial charge in [-0.05, 0) is 23.7 Å².